The van der Waals surface area contributed by atoms with Gasteiger partial charge in [-0.25, -0.2) is 9.59 Å². The Hall–Kier alpha value is -2.52. The summed E-state index contributed by atoms with van der Waals surface area (Å²) in [6, 6.07) is 6.18. The second-order valence-corrected chi connectivity index (χ2v) is 6.98. The fraction of sp³-hybridized carbons (Fsp3) is 0.312. The van der Waals surface area contributed by atoms with Crippen LogP contribution in [0.3, 0.4) is 0 Å². The Morgan fingerprint density at radius 2 is 1.76 bits per heavy atom. The molecule has 0 saturated carbocycles. The van der Waals surface area contributed by atoms with Crippen molar-refractivity contribution >= 4 is 30.5 Å². The number of carbonyl (C=O) groups excluding carboxylic acids is 1. The van der Waals surface area contributed by atoms with E-state index < -0.39 is 40.4 Å². The highest BCUT2D eigenvalue weighted by molar-refractivity contribution is 7.81. The van der Waals surface area contributed by atoms with E-state index in [1.807, 2.05) is 0 Å². The van der Waals surface area contributed by atoms with Gasteiger partial charge < -0.3 is 26.6 Å². The summed E-state index contributed by atoms with van der Waals surface area (Å²) in [7, 11) is 0. The Morgan fingerprint density at radius 1 is 1.20 bits per heavy atom. The van der Waals surface area contributed by atoms with Crippen LogP contribution in [0.5, 0.6) is 0 Å². The number of rotatable bonds is 8. The third kappa shape index (κ3) is 6.12. The van der Waals surface area contributed by atoms with Crippen molar-refractivity contribution in [2.24, 2.45) is 5.73 Å². The first-order valence-electron chi connectivity index (χ1n) is 7.30. The summed E-state index contributed by atoms with van der Waals surface area (Å²) in [5, 5.41) is 23.0. The zero-order valence-corrected chi connectivity index (χ0v) is 14.7. The van der Waals surface area contributed by atoms with Crippen LogP contribution in [0, 0.1) is 0 Å². The molecule has 1 aromatic rings. The van der Waals surface area contributed by atoms with Gasteiger partial charge in [0.25, 0.3) is 0 Å². The number of thiol groups is 1. The number of nitrogens with one attached hydrogen (secondary N) is 2. The van der Waals surface area contributed by atoms with Crippen LogP contribution >= 0.6 is 12.6 Å². The molecule has 25 heavy (non-hydrogen) atoms. The third-order valence-corrected chi connectivity index (χ3v) is 3.54. The molecule has 9 heteroatoms. The van der Waals surface area contributed by atoms with Crippen molar-refractivity contribution in [2.75, 3.05) is 0 Å². The average Bonchev–Trinajstić information content (AvgIpc) is 2.52. The summed E-state index contributed by atoms with van der Waals surface area (Å²) in [6.07, 6.45) is 0.911. The monoisotopic (exact) mass is 367 g/mol. The van der Waals surface area contributed by atoms with Gasteiger partial charge in [-0.3, -0.25) is 4.79 Å². The second kappa shape index (κ2) is 8.54. The van der Waals surface area contributed by atoms with E-state index in [1.54, 1.807) is 44.2 Å². The Balaban J connectivity index is 2.91. The maximum Gasteiger partial charge on any atom is 0.353 e. The molecule has 8 nitrogen and oxygen atoms in total. The first kappa shape index (κ1) is 20.5. The quantitative estimate of drug-likeness (QED) is 0.290. The number of amides is 1. The van der Waals surface area contributed by atoms with E-state index in [2.05, 4.69) is 23.3 Å². The molecular weight excluding hydrogens is 346 g/mol. The third-order valence-electron chi connectivity index (χ3n) is 3.28. The summed E-state index contributed by atoms with van der Waals surface area (Å²) < 4.78 is -0.976. The van der Waals surface area contributed by atoms with Crippen LogP contribution in [-0.4, -0.2) is 38.8 Å². The van der Waals surface area contributed by atoms with Crippen LogP contribution in [0.4, 0.5) is 0 Å². The van der Waals surface area contributed by atoms with Gasteiger partial charge in [0.2, 0.25) is 5.91 Å². The lowest BCUT2D eigenvalue weighted by Crippen LogP contribution is -2.47. The van der Waals surface area contributed by atoms with Crippen molar-refractivity contribution in [1.82, 2.24) is 10.6 Å². The maximum atomic E-state index is 12.1. The Bertz CT molecular complexity index is 670. The molecule has 0 bridgehead atoms. The fourth-order valence-corrected chi connectivity index (χ4v) is 2.10. The lowest BCUT2D eigenvalue weighted by molar-refractivity contribution is -0.140. The van der Waals surface area contributed by atoms with E-state index in [1.165, 1.54) is 0 Å². The van der Waals surface area contributed by atoms with Crippen molar-refractivity contribution in [3.05, 3.63) is 47.8 Å². The molecule has 0 aliphatic rings. The van der Waals surface area contributed by atoms with Crippen molar-refractivity contribution in [3.8, 4) is 0 Å². The Kier molecular flexibility index (Phi) is 7.01. The summed E-state index contributed by atoms with van der Waals surface area (Å²) >= 11 is 4.17. The molecule has 1 aromatic carbocycles. The number of hydrogen-bond donors (Lipinski definition) is 6. The zero-order valence-electron chi connectivity index (χ0n) is 13.8. The van der Waals surface area contributed by atoms with Gasteiger partial charge in [-0.05, 0) is 19.4 Å². The first-order valence-corrected chi connectivity index (χ1v) is 7.75. The summed E-state index contributed by atoms with van der Waals surface area (Å²) in [5.74, 6) is -3.39. The number of hydrogen-bond acceptors (Lipinski definition) is 6. The van der Waals surface area contributed by atoms with Gasteiger partial charge in [0.05, 0.1) is 0 Å². The minimum atomic E-state index is -1.44. The van der Waals surface area contributed by atoms with Crippen molar-refractivity contribution in [3.63, 3.8) is 0 Å². The number of benzene rings is 1. The topological polar surface area (TPSA) is 142 Å². The molecular formula is C16H21N3O5S. The van der Waals surface area contributed by atoms with Gasteiger partial charge in [0.1, 0.15) is 17.8 Å². The number of nitrogens with two attached hydrogens (primary N) is 1. The highest BCUT2D eigenvalue weighted by Gasteiger charge is 2.31. The van der Waals surface area contributed by atoms with E-state index in [-0.39, 0.29) is 0 Å². The molecule has 0 aromatic heterocycles. The van der Waals surface area contributed by atoms with Gasteiger partial charge in [-0.15, -0.1) is 0 Å². The van der Waals surface area contributed by atoms with Gasteiger partial charge in [0.15, 0.2) is 0 Å². The van der Waals surface area contributed by atoms with Gasteiger partial charge in [0, 0.05) is 10.9 Å². The Labute approximate surface area is 150 Å². The average molecular weight is 367 g/mol. The SMILES string of the molecule is CC(C)(S)C(NC=C(NC(=O)C(N)c1ccccc1)C(=O)O)C(=O)O. The second-order valence-electron chi connectivity index (χ2n) is 5.83. The van der Waals surface area contributed by atoms with Crippen LogP contribution in [0.15, 0.2) is 42.2 Å². The largest absolute Gasteiger partial charge is 0.480 e. The standard InChI is InChI=1S/C16H21N3O5S/c1-16(2,25)12(15(23)24)18-8-10(14(21)22)19-13(20)11(17)9-6-4-3-5-7-9/h3-8,11-12,18,25H,17H2,1-2H3,(H,19,20)(H,21,22)(H,23,24). The smallest absolute Gasteiger partial charge is 0.353 e. The molecule has 0 radical (unpaired) electrons. The number of carbonyl (C=O) groups is 3. The molecule has 0 fully saturated rings. The van der Waals surface area contributed by atoms with Crippen LogP contribution in [0.1, 0.15) is 25.5 Å². The minimum Gasteiger partial charge on any atom is -0.480 e. The van der Waals surface area contributed by atoms with Gasteiger partial charge in [-0.2, -0.15) is 12.6 Å². The fourth-order valence-electron chi connectivity index (χ4n) is 1.92. The number of carboxylic acids is 2. The van der Waals surface area contributed by atoms with Gasteiger partial charge >= 0.3 is 11.9 Å². The maximum absolute atomic E-state index is 12.1. The Morgan fingerprint density at radius 3 is 2.20 bits per heavy atom. The molecule has 0 saturated heterocycles. The number of aliphatic carboxylic acids is 2. The van der Waals surface area contributed by atoms with E-state index >= 15 is 0 Å². The van der Waals surface area contributed by atoms with E-state index in [0.29, 0.717) is 5.56 Å². The van der Waals surface area contributed by atoms with Crippen molar-refractivity contribution in [2.45, 2.75) is 30.7 Å². The first-order chi connectivity index (χ1) is 11.5. The van der Waals surface area contributed by atoms with Crippen LogP contribution in [0.25, 0.3) is 0 Å². The molecule has 0 aliphatic carbocycles. The van der Waals surface area contributed by atoms with Crippen molar-refractivity contribution in [1.29, 1.82) is 0 Å². The molecule has 0 heterocycles. The number of carboxylic acid groups (broad SMARTS) is 2. The molecule has 0 spiro atoms. The highest BCUT2D eigenvalue weighted by Crippen LogP contribution is 2.18. The lowest BCUT2D eigenvalue weighted by Gasteiger charge is -2.26. The van der Waals surface area contributed by atoms with E-state index in [0.717, 1.165) is 6.20 Å². The molecule has 6 N–H and O–H groups in total. The summed E-state index contributed by atoms with van der Waals surface area (Å²) in [6.45, 7) is 3.11. The minimum absolute atomic E-state index is 0.512. The zero-order chi connectivity index (χ0) is 19.2. The molecule has 1 rings (SSSR count). The van der Waals surface area contributed by atoms with Crippen LogP contribution < -0.4 is 16.4 Å². The molecule has 2 unspecified atom stereocenters. The van der Waals surface area contributed by atoms with E-state index in [4.69, 9.17) is 5.73 Å². The predicted octanol–water partition coefficient (Wildman–Crippen LogP) is 0.480. The van der Waals surface area contributed by atoms with Crippen LogP contribution in [-0.2, 0) is 14.4 Å². The molecule has 1 amide bonds. The van der Waals surface area contributed by atoms with Crippen molar-refractivity contribution < 1.29 is 24.6 Å². The lowest BCUT2D eigenvalue weighted by atomic mass is 10.0. The molecule has 2 atom stereocenters. The van der Waals surface area contributed by atoms with E-state index in [9.17, 15) is 24.6 Å². The van der Waals surface area contributed by atoms with Gasteiger partial charge in [-0.1, -0.05) is 30.3 Å². The summed E-state index contributed by atoms with van der Waals surface area (Å²) in [4.78, 5) is 34.7. The predicted molar refractivity (Wildman–Crippen MR) is 94.9 cm³/mol. The normalized spacial score (nSPS) is 14.3. The highest BCUT2D eigenvalue weighted by atomic mass is 32.1. The van der Waals surface area contributed by atoms with Crippen LogP contribution in [0.2, 0.25) is 0 Å². The molecule has 136 valence electrons. The summed E-state index contributed by atoms with van der Waals surface area (Å²) in [5.41, 5.74) is 5.79. The molecule has 0 aliphatic heterocycles.